The van der Waals surface area contributed by atoms with Gasteiger partial charge in [-0.1, -0.05) is 6.07 Å². The minimum Gasteiger partial charge on any atom is -0.489 e. The molecule has 0 N–H and O–H groups in total. The van der Waals surface area contributed by atoms with Crippen LogP contribution in [0.3, 0.4) is 0 Å². The smallest absolute Gasteiger partial charge is 0.168 e. The lowest BCUT2D eigenvalue weighted by Crippen LogP contribution is -2.07. The SMILES string of the molecule is CC(C)Oc1cc(F)cc2ccc(C=O)nc12. The van der Waals surface area contributed by atoms with Crippen molar-refractivity contribution in [2.75, 3.05) is 0 Å². The number of carbonyl (C=O) groups is 1. The number of halogens is 1. The van der Waals surface area contributed by atoms with Gasteiger partial charge in [0.1, 0.15) is 22.8 Å². The summed E-state index contributed by atoms with van der Waals surface area (Å²) in [5.41, 5.74) is 0.808. The predicted octanol–water partition coefficient (Wildman–Crippen LogP) is 2.97. The van der Waals surface area contributed by atoms with Crippen LogP contribution in [0.1, 0.15) is 24.3 Å². The Hall–Kier alpha value is -1.97. The van der Waals surface area contributed by atoms with Crippen LogP contribution < -0.4 is 4.74 Å². The van der Waals surface area contributed by atoms with Crippen LogP contribution in [0.2, 0.25) is 0 Å². The quantitative estimate of drug-likeness (QED) is 0.765. The first-order chi connectivity index (χ1) is 8.10. The highest BCUT2D eigenvalue weighted by molar-refractivity contribution is 5.87. The lowest BCUT2D eigenvalue weighted by Gasteiger charge is -2.12. The minimum atomic E-state index is -0.381. The number of aldehydes is 1. The Morgan fingerprint density at radius 2 is 2.12 bits per heavy atom. The van der Waals surface area contributed by atoms with Crippen LogP contribution in [-0.2, 0) is 0 Å². The summed E-state index contributed by atoms with van der Waals surface area (Å²) in [6.45, 7) is 3.70. The summed E-state index contributed by atoms with van der Waals surface area (Å²) < 4.78 is 18.8. The largest absolute Gasteiger partial charge is 0.489 e. The molecule has 3 nitrogen and oxygen atoms in total. The molecule has 0 spiro atoms. The Kier molecular flexibility index (Phi) is 3.04. The van der Waals surface area contributed by atoms with E-state index >= 15 is 0 Å². The second kappa shape index (κ2) is 4.49. The maximum absolute atomic E-state index is 13.4. The number of pyridine rings is 1. The van der Waals surface area contributed by atoms with E-state index in [-0.39, 0.29) is 11.9 Å². The van der Waals surface area contributed by atoms with Gasteiger partial charge in [0.25, 0.3) is 0 Å². The maximum Gasteiger partial charge on any atom is 0.168 e. The molecule has 1 aromatic heterocycles. The second-order valence-electron chi connectivity index (χ2n) is 4.00. The van der Waals surface area contributed by atoms with Crippen molar-refractivity contribution in [3.63, 3.8) is 0 Å². The molecule has 0 radical (unpaired) electrons. The molecule has 1 heterocycles. The molecule has 1 aromatic carbocycles. The molecule has 2 rings (SSSR count). The minimum absolute atomic E-state index is 0.0818. The molecule has 0 bridgehead atoms. The number of nitrogens with zero attached hydrogens (tertiary/aromatic N) is 1. The number of hydrogen-bond donors (Lipinski definition) is 0. The fourth-order valence-corrected chi connectivity index (χ4v) is 1.59. The zero-order valence-electron chi connectivity index (χ0n) is 9.61. The number of rotatable bonds is 3. The number of hydrogen-bond acceptors (Lipinski definition) is 3. The van der Waals surface area contributed by atoms with Gasteiger partial charge in [0.2, 0.25) is 0 Å². The molecule has 0 saturated carbocycles. The molecule has 0 saturated heterocycles. The van der Waals surface area contributed by atoms with Gasteiger partial charge in [-0.2, -0.15) is 0 Å². The van der Waals surface area contributed by atoms with E-state index in [9.17, 15) is 9.18 Å². The van der Waals surface area contributed by atoms with E-state index in [0.717, 1.165) is 0 Å². The molecule has 0 unspecified atom stereocenters. The Labute approximate surface area is 98.2 Å². The average molecular weight is 233 g/mol. The third-order valence-corrected chi connectivity index (χ3v) is 2.23. The topological polar surface area (TPSA) is 39.2 Å². The zero-order valence-corrected chi connectivity index (χ0v) is 9.61. The molecule has 0 aliphatic carbocycles. The van der Waals surface area contributed by atoms with Crippen LogP contribution >= 0.6 is 0 Å². The fourth-order valence-electron chi connectivity index (χ4n) is 1.59. The summed E-state index contributed by atoms with van der Waals surface area (Å²) in [5, 5.41) is 0.617. The van der Waals surface area contributed by atoms with Crippen molar-refractivity contribution in [1.29, 1.82) is 0 Å². The summed E-state index contributed by atoms with van der Waals surface area (Å²) >= 11 is 0. The van der Waals surface area contributed by atoms with Gasteiger partial charge in [-0.3, -0.25) is 4.79 Å². The standard InChI is InChI=1S/C13H12FNO2/c1-8(2)17-12-6-10(14)5-9-3-4-11(7-16)15-13(9)12/h3-8H,1-2H3. The normalized spacial score (nSPS) is 10.8. The molecule has 0 fully saturated rings. The van der Waals surface area contributed by atoms with E-state index < -0.39 is 0 Å². The third kappa shape index (κ3) is 2.41. The van der Waals surface area contributed by atoms with Crippen molar-refractivity contribution in [3.8, 4) is 5.75 Å². The molecule has 0 aliphatic heterocycles. The maximum atomic E-state index is 13.4. The van der Waals surface area contributed by atoms with Crippen LogP contribution in [0.25, 0.3) is 10.9 Å². The van der Waals surface area contributed by atoms with Gasteiger partial charge in [0, 0.05) is 11.5 Å². The van der Waals surface area contributed by atoms with E-state index in [1.807, 2.05) is 13.8 Å². The third-order valence-electron chi connectivity index (χ3n) is 2.23. The highest BCUT2D eigenvalue weighted by atomic mass is 19.1. The highest BCUT2D eigenvalue weighted by Gasteiger charge is 2.09. The summed E-state index contributed by atoms with van der Waals surface area (Å²) in [6, 6.07) is 5.85. The van der Waals surface area contributed by atoms with Gasteiger partial charge in [-0.05, 0) is 26.0 Å². The first-order valence-electron chi connectivity index (χ1n) is 5.32. The summed E-state index contributed by atoms with van der Waals surface area (Å²) in [4.78, 5) is 14.8. The van der Waals surface area contributed by atoms with Gasteiger partial charge in [-0.15, -0.1) is 0 Å². The number of ether oxygens (including phenoxy) is 1. The predicted molar refractivity (Wildman–Crippen MR) is 62.9 cm³/mol. The number of carbonyl (C=O) groups excluding carboxylic acids is 1. The van der Waals surface area contributed by atoms with Gasteiger partial charge in [-0.25, -0.2) is 9.37 Å². The molecule has 17 heavy (non-hydrogen) atoms. The van der Waals surface area contributed by atoms with Crippen LogP contribution in [0.15, 0.2) is 24.3 Å². The molecule has 2 aromatic rings. The summed E-state index contributed by atoms with van der Waals surface area (Å²) in [5.74, 6) is -0.0208. The lowest BCUT2D eigenvalue weighted by molar-refractivity contribution is 0.111. The fraction of sp³-hybridized carbons (Fsp3) is 0.231. The Balaban J connectivity index is 2.65. The molecular weight excluding hydrogens is 221 g/mol. The van der Waals surface area contributed by atoms with Crippen molar-refractivity contribution < 1.29 is 13.9 Å². The Morgan fingerprint density at radius 1 is 1.35 bits per heavy atom. The Bertz CT molecular complexity index is 567. The van der Waals surface area contributed by atoms with E-state index in [4.69, 9.17) is 4.74 Å². The Morgan fingerprint density at radius 3 is 2.76 bits per heavy atom. The van der Waals surface area contributed by atoms with E-state index in [2.05, 4.69) is 4.98 Å². The van der Waals surface area contributed by atoms with Crippen LogP contribution in [-0.4, -0.2) is 17.4 Å². The average Bonchev–Trinajstić information content (AvgIpc) is 2.27. The van der Waals surface area contributed by atoms with E-state index in [0.29, 0.717) is 28.6 Å². The van der Waals surface area contributed by atoms with Gasteiger partial charge < -0.3 is 4.74 Å². The summed E-state index contributed by atoms with van der Waals surface area (Å²) in [7, 11) is 0. The highest BCUT2D eigenvalue weighted by Crippen LogP contribution is 2.26. The van der Waals surface area contributed by atoms with Crippen molar-refractivity contribution in [2.24, 2.45) is 0 Å². The molecule has 88 valence electrons. The van der Waals surface area contributed by atoms with Gasteiger partial charge in [0.15, 0.2) is 6.29 Å². The van der Waals surface area contributed by atoms with Crippen LogP contribution in [0, 0.1) is 5.82 Å². The molecule has 0 aliphatic rings. The van der Waals surface area contributed by atoms with Gasteiger partial charge in [0.05, 0.1) is 6.10 Å². The lowest BCUT2D eigenvalue weighted by atomic mass is 10.2. The number of benzene rings is 1. The van der Waals surface area contributed by atoms with Crippen molar-refractivity contribution in [2.45, 2.75) is 20.0 Å². The zero-order chi connectivity index (χ0) is 12.4. The van der Waals surface area contributed by atoms with E-state index in [1.54, 1.807) is 12.1 Å². The molecule has 0 atom stereocenters. The van der Waals surface area contributed by atoms with Crippen LogP contribution in [0.5, 0.6) is 5.75 Å². The first-order valence-corrected chi connectivity index (χ1v) is 5.32. The van der Waals surface area contributed by atoms with Crippen LogP contribution in [0.4, 0.5) is 4.39 Å². The monoisotopic (exact) mass is 233 g/mol. The van der Waals surface area contributed by atoms with E-state index in [1.165, 1.54) is 12.1 Å². The van der Waals surface area contributed by atoms with Crippen molar-refractivity contribution in [3.05, 3.63) is 35.8 Å². The number of aromatic nitrogens is 1. The first kappa shape index (κ1) is 11.5. The molecule has 0 amide bonds. The van der Waals surface area contributed by atoms with Gasteiger partial charge >= 0.3 is 0 Å². The second-order valence-corrected chi connectivity index (χ2v) is 4.00. The molecular formula is C13H12FNO2. The van der Waals surface area contributed by atoms with Crippen molar-refractivity contribution >= 4 is 17.2 Å². The number of fused-ring (bicyclic) bond motifs is 1. The summed E-state index contributed by atoms with van der Waals surface area (Å²) in [6.07, 6.45) is 0.573. The van der Waals surface area contributed by atoms with Crippen molar-refractivity contribution in [1.82, 2.24) is 4.98 Å². The molecule has 4 heteroatoms.